The van der Waals surface area contributed by atoms with Crippen molar-refractivity contribution in [3.63, 3.8) is 0 Å². The van der Waals surface area contributed by atoms with Crippen LogP contribution in [0.1, 0.15) is 37.4 Å². The fraction of sp³-hybridized carbons (Fsp3) is 0.158. The maximum atomic E-state index is 12.8. The minimum absolute atomic E-state index is 0.104. The van der Waals surface area contributed by atoms with Gasteiger partial charge in [0.1, 0.15) is 0 Å². The SMILES string of the molecule is Cc1ccc(C(=O)/C=C/OC(=O)c2cc(C(F)(F)F)cc(C(F)(F)F)c2)cc1. The summed E-state index contributed by atoms with van der Waals surface area (Å²) in [5.41, 5.74) is -3.08. The number of rotatable bonds is 4. The lowest BCUT2D eigenvalue weighted by atomic mass is 10.0. The summed E-state index contributed by atoms with van der Waals surface area (Å²) in [6.07, 6.45) is -8.74. The van der Waals surface area contributed by atoms with Crippen molar-refractivity contribution in [3.05, 3.63) is 82.6 Å². The van der Waals surface area contributed by atoms with E-state index in [-0.39, 0.29) is 23.8 Å². The van der Waals surface area contributed by atoms with Crippen LogP contribution in [-0.2, 0) is 17.1 Å². The predicted molar refractivity (Wildman–Crippen MR) is 86.5 cm³/mol. The number of carbonyl (C=O) groups excluding carboxylic acids is 2. The van der Waals surface area contributed by atoms with Crippen LogP contribution in [0.2, 0.25) is 0 Å². The van der Waals surface area contributed by atoms with E-state index in [1.165, 1.54) is 12.1 Å². The predicted octanol–water partition coefficient (Wildman–Crippen LogP) is 5.59. The summed E-state index contributed by atoms with van der Waals surface area (Å²) in [5.74, 6) is -2.03. The lowest BCUT2D eigenvalue weighted by molar-refractivity contribution is -0.143. The number of aryl methyl sites for hydroxylation is 1. The Balaban J connectivity index is 2.21. The van der Waals surface area contributed by atoms with Gasteiger partial charge in [-0.15, -0.1) is 0 Å². The molecule has 9 heteroatoms. The second-order valence-electron chi connectivity index (χ2n) is 5.73. The van der Waals surface area contributed by atoms with Gasteiger partial charge in [-0.05, 0) is 25.1 Å². The quantitative estimate of drug-likeness (QED) is 0.220. The van der Waals surface area contributed by atoms with Gasteiger partial charge in [0.05, 0.1) is 23.0 Å². The summed E-state index contributed by atoms with van der Waals surface area (Å²) >= 11 is 0. The van der Waals surface area contributed by atoms with Crippen molar-refractivity contribution in [1.29, 1.82) is 0 Å². The van der Waals surface area contributed by atoms with Gasteiger partial charge in [-0.3, -0.25) is 4.79 Å². The fourth-order valence-corrected chi connectivity index (χ4v) is 2.11. The Labute approximate surface area is 155 Å². The van der Waals surface area contributed by atoms with Crippen LogP contribution in [0.3, 0.4) is 0 Å². The monoisotopic (exact) mass is 402 g/mol. The molecule has 0 fully saturated rings. The van der Waals surface area contributed by atoms with Gasteiger partial charge in [-0.2, -0.15) is 26.3 Å². The van der Waals surface area contributed by atoms with Crippen LogP contribution < -0.4 is 0 Å². The van der Waals surface area contributed by atoms with Crippen molar-refractivity contribution < 1.29 is 40.7 Å². The average Bonchev–Trinajstić information content (AvgIpc) is 2.60. The highest BCUT2D eigenvalue weighted by atomic mass is 19.4. The fourth-order valence-electron chi connectivity index (χ4n) is 2.11. The van der Waals surface area contributed by atoms with Crippen molar-refractivity contribution in [2.24, 2.45) is 0 Å². The number of ketones is 1. The molecular weight excluding hydrogens is 390 g/mol. The summed E-state index contributed by atoms with van der Waals surface area (Å²) in [5, 5.41) is 0. The van der Waals surface area contributed by atoms with Gasteiger partial charge in [0.15, 0.2) is 5.78 Å². The Morgan fingerprint density at radius 2 is 1.32 bits per heavy atom. The van der Waals surface area contributed by atoms with Crippen LogP contribution in [0.4, 0.5) is 26.3 Å². The molecule has 0 saturated carbocycles. The number of esters is 1. The minimum Gasteiger partial charge on any atom is -0.431 e. The number of ether oxygens (including phenoxy) is 1. The largest absolute Gasteiger partial charge is 0.431 e. The molecule has 0 heterocycles. The Bertz CT molecular complexity index is 876. The van der Waals surface area contributed by atoms with Crippen molar-refractivity contribution >= 4 is 11.8 Å². The standard InChI is InChI=1S/C19H12F6O3/c1-11-2-4-12(5-3-11)16(26)6-7-28-17(27)13-8-14(18(20,21)22)10-15(9-13)19(23,24)25/h2-10H,1H3/b7-6+. The average molecular weight is 402 g/mol. The normalized spacial score (nSPS) is 12.2. The zero-order valence-corrected chi connectivity index (χ0v) is 14.2. The Hall–Kier alpha value is -3.10. The highest BCUT2D eigenvalue weighted by Gasteiger charge is 2.37. The number of hydrogen-bond acceptors (Lipinski definition) is 3. The zero-order valence-electron chi connectivity index (χ0n) is 14.2. The van der Waals surface area contributed by atoms with Crippen LogP contribution in [0.5, 0.6) is 0 Å². The molecule has 0 atom stereocenters. The van der Waals surface area contributed by atoms with Gasteiger partial charge < -0.3 is 4.74 Å². The molecule has 0 N–H and O–H groups in total. The minimum atomic E-state index is -5.09. The number of alkyl halides is 6. The van der Waals surface area contributed by atoms with Gasteiger partial charge in [0.2, 0.25) is 0 Å². The highest BCUT2D eigenvalue weighted by Crippen LogP contribution is 2.36. The zero-order chi connectivity index (χ0) is 21.1. The van der Waals surface area contributed by atoms with E-state index in [1.54, 1.807) is 19.1 Å². The Morgan fingerprint density at radius 3 is 1.79 bits per heavy atom. The number of halogens is 6. The first-order valence-electron chi connectivity index (χ1n) is 7.66. The molecule has 0 aromatic heterocycles. The molecule has 0 bridgehead atoms. The highest BCUT2D eigenvalue weighted by molar-refractivity contribution is 6.04. The van der Waals surface area contributed by atoms with Crippen LogP contribution in [0.25, 0.3) is 0 Å². The molecular formula is C19H12F6O3. The molecule has 0 amide bonds. The van der Waals surface area contributed by atoms with Gasteiger partial charge in [0.25, 0.3) is 0 Å². The molecule has 0 aliphatic carbocycles. The molecule has 0 saturated heterocycles. The summed E-state index contributed by atoms with van der Waals surface area (Å²) in [4.78, 5) is 23.7. The number of hydrogen-bond donors (Lipinski definition) is 0. The van der Waals surface area contributed by atoms with Gasteiger partial charge in [-0.1, -0.05) is 29.8 Å². The third-order valence-electron chi connectivity index (χ3n) is 3.55. The summed E-state index contributed by atoms with van der Waals surface area (Å²) in [7, 11) is 0. The maximum Gasteiger partial charge on any atom is 0.416 e. The van der Waals surface area contributed by atoms with Crippen molar-refractivity contribution in [2.45, 2.75) is 19.3 Å². The molecule has 0 aliphatic heterocycles. The third kappa shape index (κ3) is 5.45. The maximum absolute atomic E-state index is 12.8. The molecule has 2 aromatic carbocycles. The molecule has 28 heavy (non-hydrogen) atoms. The van der Waals surface area contributed by atoms with E-state index in [2.05, 4.69) is 4.74 Å². The van der Waals surface area contributed by atoms with Crippen molar-refractivity contribution in [2.75, 3.05) is 0 Å². The number of carbonyl (C=O) groups is 2. The van der Waals surface area contributed by atoms with Crippen LogP contribution >= 0.6 is 0 Å². The molecule has 148 valence electrons. The lowest BCUT2D eigenvalue weighted by Crippen LogP contribution is -2.14. The topological polar surface area (TPSA) is 43.4 Å². The second kappa shape index (κ2) is 7.87. The van der Waals surface area contributed by atoms with E-state index in [1.807, 2.05) is 0 Å². The number of allylic oxidation sites excluding steroid dienone is 1. The lowest BCUT2D eigenvalue weighted by Gasteiger charge is -2.13. The first-order chi connectivity index (χ1) is 12.9. The molecule has 3 nitrogen and oxygen atoms in total. The van der Waals surface area contributed by atoms with Gasteiger partial charge in [-0.25, -0.2) is 4.79 Å². The third-order valence-corrected chi connectivity index (χ3v) is 3.55. The first kappa shape index (κ1) is 21.2. The molecule has 0 aliphatic rings. The molecule has 2 rings (SSSR count). The molecule has 0 spiro atoms. The van der Waals surface area contributed by atoms with Crippen molar-refractivity contribution in [3.8, 4) is 0 Å². The van der Waals surface area contributed by atoms with Gasteiger partial charge in [0, 0.05) is 11.6 Å². The molecule has 0 unspecified atom stereocenters. The van der Waals surface area contributed by atoms with Crippen molar-refractivity contribution in [1.82, 2.24) is 0 Å². The molecule has 2 aromatic rings. The van der Waals surface area contributed by atoms with E-state index in [0.717, 1.165) is 11.6 Å². The summed E-state index contributed by atoms with van der Waals surface area (Å²) in [6, 6.07) is 6.72. The van der Waals surface area contributed by atoms with E-state index in [9.17, 15) is 35.9 Å². The van der Waals surface area contributed by atoms with E-state index in [0.29, 0.717) is 6.26 Å². The van der Waals surface area contributed by atoms with Crippen LogP contribution in [0, 0.1) is 6.92 Å². The number of benzene rings is 2. The molecule has 0 radical (unpaired) electrons. The van der Waals surface area contributed by atoms with Gasteiger partial charge >= 0.3 is 18.3 Å². The smallest absolute Gasteiger partial charge is 0.416 e. The Kier molecular flexibility index (Phi) is 5.96. The van der Waals surface area contributed by atoms with E-state index >= 15 is 0 Å². The first-order valence-corrected chi connectivity index (χ1v) is 7.66. The van der Waals surface area contributed by atoms with E-state index in [4.69, 9.17) is 0 Å². The van der Waals surface area contributed by atoms with Crippen LogP contribution in [0.15, 0.2) is 54.8 Å². The summed E-state index contributed by atoms with van der Waals surface area (Å²) in [6.45, 7) is 1.80. The van der Waals surface area contributed by atoms with Crippen LogP contribution in [-0.4, -0.2) is 11.8 Å². The Morgan fingerprint density at radius 1 is 0.821 bits per heavy atom. The summed E-state index contributed by atoms with van der Waals surface area (Å²) < 4.78 is 81.3. The van der Waals surface area contributed by atoms with E-state index < -0.39 is 40.8 Å². The second-order valence-corrected chi connectivity index (χ2v) is 5.73.